The Kier molecular flexibility index (Phi) is 10.9. The number of ether oxygens (including phenoxy) is 1. The predicted octanol–water partition coefficient (Wildman–Crippen LogP) is 6.70. The van der Waals surface area contributed by atoms with Crippen LogP contribution in [0.5, 0.6) is 5.75 Å². The summed E-state index contributed by atoms with van der Waals surface area (Å²) >= 11 is 0. The standard InChI is InChI=1S/C28H44N2O/c1-6-12-26(20-28(3,4)5)30-18-11-17-29-21-24-15-16-27(25(7-2)19-24)31-22-23-13-9-8-10-14-23/h9,12-16,19,29-30H,6-8,10-11,17-18,20-22H2,1-5H3. The molecule has 0 fully saturated rings. The molecule has 1 aliphatic rings. The van der Waals surface area contributed by atoms with E-state index in [-0.39, 0.29) is 0 Å². The molecular weight excluding hydrogens is 380 g/mol. The van der Waals surface area contributed by atoms with Crippen molar-refractivity contribution in [3.05, 3.63) is 64.9 Å². The molecular formula is C28H44N2O. The van der Waals surface area contributed by atoms with Gasteiger partial charge in [-0.2, -0.15) is 0 Å². The summed E-state index contributed by atoms with van der Waals surface area (Å²) in [7, 11) is 0. The van der Waals surface area contributed by atoms with Crippen LogP contribution in [0, 0.1) is 5.41 Å². The molecule has 1 aromatic rings. The Labute approximate surface area is 191 Å². The second-order valence-corrected chi connectivity index (χ2v) is 9.68. The second-order valence-electron chi connectivity index (χ2n) is 9.68. The van der Waals surface area contributed by atoms with Gasteiger partial charge in [-0.3, -0.25) is 0 Å². The first-order valence-corrected chi connectivity index (χ1v) is 12.1. The maximum Gasteiger partial charge on any atom is 0.123 e. The highest BCUT2D eigenvalue weighted by atomic mass is 16.5. The normalized spacial score (nSPS) is 14.5. The van der Waals surface area contributed by atoms with Crippen molar-refractivity contribution in [2.45, 2.75) is 79.7 Å². The Morgan fingerprint density at radius 2 is 1.97 bits per heavy atom. The molecule has 0 aliphatic heterocycles. The van der Waals surface area contributed by atoms with Crippen molar-refractivity contribution in [1.29, 1.82) is 0 Å². The number of nitrogens with one attached hydrogen (secondary N) is 2. The highest BCUT2D eigenvalue weighted by Gasteiger charge is 2.12. The third-order valence-corrected chi connectivity index (χ3v) is 5.35. The first-order chi connectivity index (χ1) is 14.9. The van der Waals surface area contributed by atoms with Crippen molar-refractivity contribution in [1.82, 2.24) is 10.6 Å². The fraction of sp³-hybridized carbons (Fsp3) is 0.571. The molecule has 0 saturated carbocycles. The topological polar surface area (TPSA) is 33.3 Å². The Hall–Kier alpha value is -2.00. The summed E-state index contributed by atoms with van der Waals surface area (Å²) in [5.41, 5.74) is 5.61. The summed E-state index contributed by atoms with van der Waals surface area (Å²) in [5.74, 6) is 1.02. The second kappa shape index (κ2) is 13.4. The molecule has 172 valence electrons. The molecule has 31 heavy (non-hydrogen) atoms. The summed E-state index contributed by atoms with van der Waals surface area (Å²) in [6.45, 7) is 14.9. The third kappa shape index (κ3) is 10.2. The highest BCUT2D eigenvalue weighted by Crippen LogP contribution is 2.23. The number of hydrogen-bond acceptors (Lipinski definition) is 3. The number of hydrogen-bond donors (Lipinski definition) is 2. The first kappa shape index (κ1) is 25.3. The van der Waals surface area contributed by atoms with E-state index in [1.807, 2.05) is 0 Å². The maximum atomic E-state index is 6.10. The van der Waals surface area contributed by atoms with Crippen LogP contribution in [0.1, 0.15) is 77.8 Å². The van der Waals surface area contributed by atoms with Crippen LogP contribution in [0.25, 0.3) is 0 Å². The first-order valence-electron chi connectivity index (χ1n) is 12.1. The van der Waals surface area contributed by atoms with Crippen LogP contribution < -0.4 is 15.4 Å². The van der Waals surface area contributed by atoms with Crippen molar-refractivity contribution in [2.24, 2.45) is 5.41 Å². The average molecular weight is 425 g/mol. The molecule has 0 saturated heterocycles. The Bertz CT molecular complexity index is 753. The Morgan fingerprint density at radius 1 is 1.13 bits per heavy atom. The van der Waals surface area contributed by atoms with E-state index in [0.717, 1.165) is 63.9 Å². The van der Waals surface area contributed by atoms with Gasteiger partial charge in [-0.05, 0) is 73.3 Å². The van der Waals surface area contributed by atoms with E-state index in [1.165, 1.54) is 22.4 Å². The van der Waals surface area contributed by atoms with Crippen molar-refractivity contribution in [3.8, 4) is 5.75 Å². The van der Waals surface area contributed by atoms with Gasteiger partial charge in [0.1, 0.15) is 12.4 Å². The minimum Gasteiger partial charge on any atom is -0.489 e. The molecule has 0 spiro atoms. The van der Waals surface area contributed by atoms with Gasteiger partial charge in [0, 0.05) is 18.8 Å². The molecule has 0 unspecified atom stereocenters. The molecule has 3 heteroatoms. The molecule has 1 aliphatic carbocycles. The van der Waals surface area contributed by atoms with Crippen molar-refractivity contribution >= 4 is 0 Å². The number of benzene rings is 1. The van der Waals surface area contributed by atoms with Gasteiger partial charge in [-0.25, -0.2) is 0 Å². The predicted molar refractivity (Wildman–Crippen MR) is 135 cm³/mol. The van der Waals surface area contributed by atoms with Gasteiger partial charge in [0.25, 0.3) is 0 Å². The van der Waals surface area contributed by atoms with Crippen LogP contribution in [0.15, 0.2) is 53.8 Å². The van der Waals surface area contributed by atoms with Crippen LogP contribution in [-0.4, -0.2) is 19.7 Å². The quantitative estimate of drug-likeness (QED) is 0.346. The van der Waals surface area contributed by atoms with Gasteiger partial charge in [0.15, 0.2) is 0 Å². The highest BCUT2D eigenvalue weighted by molar-refractivity contribution is 5.38. The minimum absolute atomic E-state index is 0.323. The summed E-state index contributed by atoms with van der Waals surface area (Å²) in [5, 5.41) is 7.23. The maximum absolute atomic E-state index is 6.10. The smallest absolute Gasteiger partial charge is 0.123 e. The van der Waals surface area contributed by atoms with E-state index in [0.29, 0.717) is 12.0 Å². The van der Waals surface area contributed by atoms with Crippen molar-refractivity contribution in [2.75, 3.05) is 19.7 Å². The van der Waals surface area contributed by atoms with Crippen LogP contribution in [0.4, 0.5) is 0 Å². The van der Waals surface area contributed by atoms with Gasteiger partial charge in [0.05, 0.1) is 0 Å². The number of rotatable bonds is 13. The van der Waals surface area contributed by atoms with E-state index in [2.05, 4.69) is 87.8 Å². The monoisotopic (exact) mass is 424 g/mol. The van der Waals surface area contributed by atoms with Crippen LogP contribution in [0.2, 0.25) is 0 Å². The molecule has 0 aromatic heterocycles. The largest absolute Gasteiger partial charge is 0.489 e. The summed E-state index contributed by atoms with van der Waals surface area (Å²) in [6, 6.07) is 6.62. The van der Waals surface area contributed by atoms with E-state index in [1.54, 1.807) is 0 Å². The number of aryl methyl sites for hydroxylation is 1. The molecule has 0 bridgehead atoms. The lowest BCUT2D eigenvalue weighted by Gasteiger charge is -2.21. The zero-order chi connectivity index (χ0) is 22.5. The minimum atomic E-state index is 0.323. The molecule has 2 rings (SSSR count). The van der Waals surface area contributed by atoms with E-state index in [9.17, 15) is 0 Å². The molecule has 0 radical (unpaired) electrons. The van der Waals surface area contributed by atoms with Crippen molar-refractivity contribution < 1.29 is 4.74 Å². The number of allylic oxidation sites excluding steroid dienone is 4. The summed E-state index contributed by atoms with van der Waals surface area (Å²) in [6.07, 6.45) is 15.6. The van der Waals surface area contributed by atoms with Crippen LogP contribution in [0.3, 0.4) is 0 Å². The zero-order valence-corrected chi connectivity index (χ0v) is 20.5. The van der Waals surface area contributed by atoms with E-state index in [4.69, 9.17) is 4.74 Å². The van der Waals surface area contributed by atoms with Gasteiger partial charge in [0.2, 0.25) is 0 Å². The molecule has 2 N–H and O–H groups in total. The average Bonchev–Trinajstić information content (AvgIpc) is 2.74. The van der Waals surface area contributed by atoms with E-state index >= 15 is 0 Å². The molecule has 0 atom stereocenters. The van der Waals surface area contributed by atoms with Gasteiger partial charge in [-0.15, -0.1) is 0 Å². The van der Waals surface area contributed by atoms with Gasteiger partial charge >= 0.3 is 0 Å². The Morgan fingerprint density at radius 3 is 2.65 bits per heavy atom. The fourth-order valence-corrected chi connectivity index (χ4v) is 3.82. The zero-order valence-electron chi connectivity index (χ0n) is 20.5. The Balaban J connectivity index is 1.72. The molecule has 1 aromatic carbocycles. The van der Waals surface area contributed by atoms with E-state index < -0.39 is 0 Å². The molecule has 3 nitrogen and oxygen atoms in total. The van der Waals surface area contributed by atoms with Gasteiger partial charge in [-0.1, -0.05) is 71.1 Å². The lowest BCUT2D eigenvalue weighted by molar-refractivity contribution is 0.351. The van der Waals surface area contributed by atoms with Crippen LogP contribution >= 0.6 is 0 Å². The van der Waals surface area contributed by atoms with Crippen molar-refractivity contribution in [3.63, 3.8) is 0 Å². The summed E-state index contributed by atoms with van der Waals surface area (Å²) < 4.78 is 6.10. The van der Waals surface area contributed by atoms with Crippen LogP contribution in [-0.2, 0) is 13.0 Å². The summed E-state index contributed by atoms with van der Waals surface area (Å²) in [4.78, 5) is 0. The lowest BCUT2D eigenvalue weighted by Crippen LogP contribution is -2.23. The lowest BCUT2D eigenvalue weighted by atomic mass is 9.90. The third-order valence-electron chi connectivity index (χ3n) is 5.35. The molecule has 0 heterocycles. The fourth-order valence-electron chi connectivity index (χ4n) is 3.82. The SMILES string of the molecule is CCC=C(CC(C)(C)C)NCCCNCc1ccc(OCC2=CCCC=C2)c(CC)c1. The van der Waals surface area contributed by atoms with Gasteiger partial charge < -0.3 is 15.4 Å². The molecule has 0 amide bonds.